The van der Waals surface area contributed by atoms with Crippen LogP contribution in [0.3, 0.4) is 0 Å². The maximum atomic E-state index is 12.8. The predicted octanol–water partition coefficient (Wildman–Crippen LogP) is 3.03. The number of carboxylic acid groups (broad SMARTS) is 5. The highest BCUT2D eigenvalue weighted by Crippen LogP contribution is 2.13. The molecule has 0 saturated heterocycles. The Morgan fingerprint density at radius 2 is 0.865 bits per heavy atom. The largest absolute Gasteiger partial charge is 0.480 e. The van der Waals surface area contributed by atoms with Crippen LogP contribution in [-0.4, -0.2) is 154 Å². The summed E-state index contributed by atoms with van der Waals surface area (Å²) >= 11 is 0. The topological polar surface area (TPSA) is 249 Å². The van der Waals surface area contributed by atoms with Crippen molar-refractivity contribution in [2.75, 3.05) is 65.6 Å². The Morgan fingerprint density at radius 1 is 0.481 bits per heavy atom. The summed E-state index contributed by atoms with van der Waals surface area (Å²) < 4.78 is 10.6. The van der Waals surface area contributed by atoms with Crippen molar-refractivity contribution in [2.45, 2.75) is 116 Å². The number of carbonyl (C=O) groups excluding carboxylic acids is 2. The van der Waals surface area contributed by atoms with E-state index in [9.17, 15) is 48.9 Å². The minimum Gasteiger partial charge on any atom is -0.480 e. The van der Waals surface area contributed by atoms with Crippen LogP contribution in [0.1, 0.15) is 110 Å². The molecule has 0 aromatic rings. The second kappa shape index (κ2) is 30.8. The Kier molecular flexibility index (Phi) is 28.5. The summed E-state index contributed by atoms with van der Waals surface area (Å²) in [5.74, 6) is -7.65. The molecule has 0 heterocycles. The van der Waals surface area contributed by atoms with E-state index in [2.05, 4.69) is 6.92 Å². The molecule has 0 amide bonds. The molecule has 300 valence electrons. The second-order valence-corrected chi connectivity index (χ2v) is 13.0. The van der Waals surface area contributed by atoms with Gasteiger partial charge in [-0.3, -0.25) is 48.3 Å². The Bertz CT molecular complexity index is 1040. The Balaban J connectivity index is 4.81. The number of nitrogens with zero attached hydrogens (tertiary/aromatic N) is 3. The van der Waals surface area contributed by atoms with Gasteiger partial charge in [0.1, 0.15) is 0 Å². The zero-order valence-corrected chi connectivity index (χ0v) is 30.7. The first kappa shape index (κ1) is 48.2. The maximum absolute atomic E-state index is 12.8. The minimum atomic E-state index is -1.38. The van der Waals surface area contributed by atoms with Gasteiger partial charge in [0.05, 0.1) is 52.4 Å². The zero-order chi connectivity index (χ0) is 39.1. The third kappa shape index (κ3) is 29.9. The molecule has 1 atom stereocenters. The van der Waals surface area contributed by atoms with Crippen molar-refractivity contribution in [2.24, 2.45) is 0 Å². The van der Waals surface area contributed by atoms with Crippen LogP contribution in [-0.2, 0) is 43.0 Å². The fraction of sp³-hybridized carbons (Fsp3) is 0.800. The third-order valence-electron chi connectivity index (χ3n) is 8.17. The number of carbonyl (C=O) groups is 7. The van der Waals surface area contributed by atoms with E-state index in [-0.39, 0.29) is 32.2 Å². The highest BCUT2D eigenvalue weighted by molar-refractivity contribution is 5.74. The summed E-state index contributed by atoms with van der Waals surface area (Å²) in [7, 11) is 0. The van der Waals surface area contributed by atoms with Gasteiger partial charge in [-0.05, 0) is 19.3 Å². The van der Waals surface area contributed by atoms with Crippen molar-refractivity contribution in [3.63, 3.8) is 0 Å². The van der Waals surface area contributed by atoms with Crippen LogP contribution < -0.4 is 0 Å². The van der Waals surface area contributed by atoms with Crippen LogP contribution in [0, 0.1) is 0 Å². The number of esters is 2. The number of rotatable bonds is 36. The van der Waals surface area contributed by atoms with E-state index in [1.165, 1.54) is 43.4 Å². The number of aliphatic carboxylic acids is 5. The first-order chi connectivity index (χ1) is 24.7. The average Bonchev–Trinajstić information content (AvgIpc) is 3.03. The molecule has 0 bridgehead atoms. The van der Waals surface area contributed by atoms with Crippen LogP contribution in [0.4, 0.5) is 0 Å². The first-order valence-electron chi connectivity index (χ1n) is 18.3. The number of hydrogen-bond acceptors (Lipinski definition) is 12. The lowest BCUT2D eigenvalue weighted by Gasteiger charge is -2.33. The Morgan fingerprint density at radius 3 is 1.33 bits per heavy atom. The molecule has 0 aliphatic rings. The molecule has 0 fully saturated rings. The van der Waals surface area contributed by atoms with E-state index in [0.717, 1.165) is 41.9 Å². The Hall–Kier alpha value is -3.83. The number of unbranched alkanes of at least 4 members (excludes halogenated alkanes) is 12. The lowest BCUT2D eigenvalue weighted by atomic mass is 10.1. The predicted molar refractivity (Wildman–Crippen MR) is 188 cm³/mol. The first-order valence-corrected chi connectivity index (χ1v) is 18.3. The third-order valence-corrected chi connectivity index (χ3v) is 8.17. The fourth-order valence-electron chi connectivity index (χ4n) is 5.58. The van der Waals surface area contributed by atoms with Gasteiger partial charge < -0.3 is 35.0 Å². The molecule has 1 unspecified atom stereocenters. The van der Waals surface area contributed by atoms with Gasteiger partial charge in [-0.15, -0.1) is 0 Å². The van der Waals surface area contributed by atoms with Crippen molar-refractivity contribution >= 4 is 41.8 Å². The zero-order valence-electron chi connectivity index (χ0n) is 30.7. The summed E-state index contributed by atoms with van der Waals surface area (Å²) in [6.07, 6.45) is 14.1. The SMILES string of the molecule is CCCCCCCCCCCOC(=O)CCCCCCCOC(=O)CC(CN(CCN(CC(=O)O)CC(=O)O)CC(=O)O)N(CC(=O)O)CC(=O)O. The van der Waals surface area contributed by atoms with Crippen molar-refractivity contribution in [1.29, 1.82) is 0 Å². The average molecular weight is 748 g/mol. The van der Waals surface area contributed by atoms with Crippen molar-refractivity contribution in [3.8, 4) is 0 Å². The summed E-state index contributed by atoms with van der Waals surface area (Å²) in [5.41, 5.74) is 0. The molecule has 0 saturated carbocycles. The van der Waals surface area contributed by atoms with Gasteiger partial charge in [0.25, 0.3) is 0 Å². The van der Waals surface area contributed by atoms with Crippen molar-refractivity contribution in [3.05, 3.63) is 0 Å². The second-order valence-electron chi connectivity index (χ2n) is 13.0. The van der Waals surface area contributed by atoms with Gasteiger partial charge in [0.15, 0.2) is 0 Å². The maximum Gasteiger partial charge on any atom is 0.317 e. The summed E-state index contributed by atoms with van der Waals surface area (Å²) in [5, 5.41) is 46.4. The fourth-order valence-corrected chi connectivity index (χ4v) is 5.58. The lowest BCUT2D eigenvalue weighted by Crippen LogP contribution is -2.51. The molecular formula is C35H61N3O14. The molecule has 0 radical (unpaired) electrons. The lowest BCUT2D eigenvalue weighted by molar-refractivity contribution is -0.150. The molecule has 0 aromatic heterocycles. The van der Waals surface area contributed by atoms with Crippen molar-refractivity contribution < 1.29 is 68.6 Å². The number of carboxylic acids is 5. The molecule has 0 aliphatic carbocycles. The van der Waals surface area contributed by atoms with Crippen LogP contribution in [0.25, 0.3) is 0 Å². The van der Waals surface area contributed by atoms with Gasteiger partial charge in [0, 0.05) is 32.1 Å². The van der Waals surface area contributed by atoms with Gasteiger partial charge in [-0.1, -0.05) is 77.6 Å². The Labute approximate surface area is 306 Å². The van der Waals surface area contributed by atoms with E-state index in [4.69, 9.17) is 19.7 Å². The monoisotopic (exact) mass is 747 g/mol. The molecule has 5 N–H and O–H groups in total. The molecule has 17 heteroatoms. The number of hydrogen-bond donors (Lipinski definition) is 5. The summed E-state index contributed by atoms with van der Waals surface area (Å²) in [6, 6.07) is -1.12. The summed E-state index contributed by atoms with van der Waals surface area (Å²) in [4.78, 5) is 85.1. The minimum absolute atomic E-state index is 0.0440. The van der Waals surface area contributed by atoms with E-state index in [0.29, 0.717) is 32.3 Å². The molecule has 0 spiro atoms. The van der Waals surface area contributed by atoms with Crippen molar-refractivity contribution in [1.82, 2.24) is 14.7 Å². The molecule has 0 aromatic carbocycles. The van der Waals surface area contributed by atoms with Gasteiger partial charge in [-0.25, -0.2) is 0 Å². The van der Waals surface area contributed by atoms with Crippen LogP contribution in [0.2, 0.25) is 0 Å². The highest BCUT2D eigenvalue weighted by atomic mass is 16.5. The van der Waals surface area contributed by atoms with E-state index < -0.39 is 81.0 Å². The summed E-state index contributed by atoms with van der Waals surface area (Å²) in [6.45, 7) is -1.45. The van der Waals surface area contributed by atoms with Crippen LogP contribution >= 0.6 is 0 Å². The molecule has 0 rings (SSSR count). The standard InChI is InChI=1S/C35H61N3O14/c1-2-3-4-5-6-7-8-11-14-19-51-34(49)16-13-10-9-12-15-20-52-35(50)21-28(38(26-32(45)46)27-33(47)48)22-36(23-29(39)40)17-18-37(24-30(41)42)25-31(43)44/h28H,2-27H2,1H3,(H,39,40)(H,41,42)(H,43,44)(H,45,46)(H,47,48). The van der Waals surface area contributed by atoms with Crippen LogP contribution in [0.15, 0.2) is 0 Å². The molecule has 0 aliphatic heterocycles. The normalized spacial score (nSPS) is 11.8. The van der Waals surface area contributed by atoms with Crippen LogP contribution in [0.5, 0.6) is 0 Å². The smallest absolute Gasteiger partial charge is 0.317 e. The molecular weight excluding hydrogens is 686 g/mol. The van der Waals surface area contributed by atoms with Gasteiger partial charge in [-0.2, -0.15) is 0 Å². The van der Waals surface area contributed by atoms with E-state index >= 15 is 0 Å². The molecule has 52 heavy (non-hydrogen) atoms. The quantitative estimate of drug-likeness (QED) is 0.0456. The highest BCUT2D eigenvalue weighted by Gasteiger charge is 2.29. The molecule has 17 nitrogen and oxygen atoms in total. The number of ether oxygens (including phenoxy) is 2. The van der Waals surface area contributed by atoms with E-state index in [1.807, 2.05) is 0 Å². The van der Waals surface area contributed by atoms with E-state index in [1.54, 1.807) is 0 Å². The van der Waals surface area contributed by atoms with Gasteiger partial charge in [0.2, 0.25) is 0 Å². The van der Waals surface area contributed by atoms with Gasteiger partial charge >= 0.3 is 41.8 Å².